The Balaban J connectivity index is 1.63. The second-order valence-corrected chi connectivity index (χ2v) is 20.5. The first-order valence-electron chi connectivity index (χ1n) is 23.1. The van der Waals surface area contributed by atoms with Crippen LogP contribution in [-0.2, 0) is 66.7 Å². The predicted molar refractivity (Wildman–Crippen MR) is 235 cm³/mol. The third-order valence-corrected chi connectivity index (χ3v) is 12.4. The van der Waals surface area contributed by atoms with Gasteiger partial charge < -0.3 is 52.0 Å². The fraction of sp³-hybridized carbons (Fsp3) is 0.884. The largest absolute Gasteiger partial charge is 0.756 e. The van der Waals surface area contributed by atoms with E-state index in [-0.39, 0.29) is 44.1 Å². The lowest BCUT2D eigenvalue weighted by atomic mass is 9.94. The van der Waals surface area contributed by atoms with Gasteiger partial charge in [-0.1, -0.05) is 83.1 Å². The molecule has 2 aliphatic rings. The highest BCUT2D eigenvalue weighted by atomic mass is 32.2. The van der Waals surface area contributed by atoms with Crippen LogP contribution in [0.5, 0.6) is 0 Å². The Morgan fingerprint density at radius 1 is 0.859 bits per heavy atom. The van der Waals surface area contributed by atoms with E-state index in [1.165, 1.54) is 52.0 Å². The SMILES string of the molecule is CC(=O)OC[C@H](COP(=O)([O-])OCC[N+](C)(C)C)OC(=O)/C=C/CCCCC[C@H]1O[C@]2(CCCCCCCCCCCCCCOCC(CO)NS(=O)(=O)O)CC[C@@H](OC(C)=O)[C@H]1O2. The van der Waals surface area contributed by atoms with E-state index in [2.05, 4.69) is 0 Å². The number of aliphatic hydroxyl groups is 1. The van der Waals surface area contributed by atoms with Crippen LogP contribution in [0.2, 0.25) is 0 Å². The van der Waals surface area contributed by atoms with Gasteiger partial charge in [0.15, 0.2) is 11.9 Å². The number of hydrogen-bond acceptors (Lipinski definition) is 16. The molecule has 2 bridgehead atoms. The summed E-state index contributed by atoms with van der Waals surface area (Å²) in [7, 11) is -3.40. The van der Waals surface area contributed by atoms with E-state index in [1.54, 1.807) is 6.08 Å². The first-order chi connectivity index (χ1) is 30.2. The Hall–Kier alpha value is -2.07. The summed E-state index contributed by atoms with van der Waals surface area (Å²) in [6, 6.07) is -0.858. The Bertz CT molecular complexity index is 1530. The Labute approximate surface area is 381 Å². The summed E-state index contributed by atoms with van der Waals surface area (Å²) in [5.41, 5.74) is 0. The molecule has 0 radical (unpaired) electrons. The lowest BCUT2D eigenvalue weighted by Crippen LogP contribution is -2.43. The summed E-state index contributed by atoms with van der Waals surface area (Å²) in [6.45, 7) is 2.01. The molecular formula is C43H79N2O17PS. The Morgan fingerprint density at radius 3 is 2.08 bits per heavy atom. The quantitative estimate of drug-likeness (QED) is 0.0136. The smallest absolute Gasteiger partial charge is 0.333 e. The molecule has 0 aliphatic carbocycles. The van der Waals surface area contributed by atoms with E-state index >= 15 is 0 Å². The number of rotatable bonds is 38. The standard InChI is InChI=1S/C43H79N2O17PS/c1-35(47)56-33-38(34-58-63(50,51)57-30-28-45(3,4)5)60-41(49)24-20-16-14-15-19-23-40-42-39(59-36(2)48)25-27-43(61-40,62-42)26-21-17-12-10-8-6-7-9-11-13-18-22-29-55-32-37(31-46)44-64(52,53)54/h20,24,37-40,42,44,46H,6-19,21-23,25-34H2,1-5H3,(H-,50,51,52,53,54)/b24-20+/t37?,38-,39-,40-,42-,43+/m1/s1. The monoisotopic (exact) mass is 958 g/mol. The van der Waals surface area contributed by atoms with Crippen molar-refractivity contribution in [1.29, 1.82) is 0 Å². The van der Waals surface area contributed by atoms with Gasteiger partial charge >= 0.3 is 28.2 Å². The van der Waals surface area contributed by atoms with Crippen molar-refractivity contribution in [3.05, 3.63) is 12.2 Å². The number of quaternary nitrogens is 1. The van der Waals surface area contributed by atoms with Gasteiger partial charge in [-0.3, -0.25) is 18.7 Å². The van der Waals surface area contributed by atoms with Gasteiger partial charge in [-0.2, -0.15) is 13.1 Å². The molecule has 7 atom stereocenters. The molecule has 0 aromatic heterocycles. The van der Waals surface area contributed by atoms with Gasteiger partial charge in [0, 0.05) is 39.4 Å². The number of esters is 3. The number of nitrogens with one attached hydrogen (secondary N) is 1. The summed E-state index contributed by atoms with van der Waals surface area (Å²) < 4.78 is 89.3. The lowest BCUT2D eigenvalue weighted by molar-refractivity contribution is -0.870. The maximum absolute atomic E-state index is 12.5. The molecule has 2 aliphatic heterocycles. The first-order valence-corrected chi connectivity index (χ1v) is 26.0. The summed E-state index contributed by atoms with van der Waals surface area (Å²) in [6.07, 6.45) is 20.4. The molecule has 3 N–H and O–H groups in total. The zero-order chi connectivity index (χ0) is 47.5. The number of unbranched alkanes of at least 4 members (excludes halogenated alkanes) is 14. The van der Waals surface area contributed by atoms with Crippen LogP contribution in [0.15, 0.2) is 12.2 Å². The van der Waals surface area contributed by atoms with E-state index in [4.69, 9.17) is 47.1 Å². The maximum atomic E-state index is 12.5. The molecule has 64 heavy (non-hydrogen) atoms. The second-order valence-electron chi connectivity index (χ2n) is 17.9. The summed E-state index contributed by atoms with van der Waals surface area (Å²) >= 11 is 0. The average Bonchev–Trinajstić information content (AvgIpc) is 3.49. The first kappa shape index (κ1) is 58.1. The topological polar surface area (TPSA) is 252 Å². The third-order valence-electron chi connectivity index (χ3n) is 10.8. The zero-order valence-electron chi connectivity index (χ0n) is 39.0. The number of aliphatic hydroxyl groups excluding tert-OH is 1. The van der Waals surface area contributed by atoms with Crippen LogP contribution < -0.4 is 9.62 Å². The minimum Gasteiger partial charge on any atom is -0.756 e. The number of phosphoric ester groups is 1. The number of allylic oxidation sites excluding steroid dienone is 1. The van der Waals surface area contributed by atoms with Crippen LogP contribution in [0.4, 0.5) is 0 Å². The number of carbonyl (C=O) groups is 3. The highest BCUT2D eigenvalue weighted by Gasteiger charge is 2.54. The summed E-state index contributed by atoms with van der Waals surface area (Å²) in [4.78, 5) is 47.9. The molecule has 2 fully saturated rings. The highest BCUT2D eigenvalue weighted by molar-refractivity contribution is 7.83. The molecule has 21 heteroatoms. The third kappa shape index (κ3) is 28.2. The molecule has 0 saturated carbocycles. The van der Waals surface area contributed by atoms with Crippen molar-refractivity contribution in [1.82, 2.24) is 4.72 Å². The van der Waals surface area contributed by atoms with Gasteiger partial charge in [0.25, 0.3) is 7.82 Å². The van der Waals surface area contributed by atoms with Gasteiger partial charge in [0.2, 0.25) is 0 Å². The molecule has 374 valence electrons. The fourth-order valence-electron chi connectivity index (χ4n) is 7.52. The van der Waals surface area contributed by atoms with Crippen molar-refractivity contribution in [2.45, 2.75) is 179 Å². The van der Waals surface area contributed by atoms with Crippen LogP contribution in [0.25, 0.3) is 0 Å². The normalized spacial score (nSPS) is 22.0. The number of nitrogens with zero attached hydrogens (tertiary/aromatic N) is 1. The van der Waals surface area contributed by atoms with Crippen molar-refractivity contribution in [2.24, 2.45) is 0 Å². The molecule has 2 saturated heterocycles. The zero-order valence-corrected chi connectivity index (χ0v) is 40.7. The Kier molecular flexibility index (Phi) is 28.2. The van der Waals surface area contributed by atoms with E-state index in [0.29, 0.717) is 36.9 Å². The molecule has 2 unspecified atom stereocenters. The average molecular weight is 959 g/mol. The number of hydrogen-bond donors (Lipinski definition) is 3. The van der Waals surface area contributed by atoms with Crippen molar-refractivity contribution < 1.29 is 83.9 Å². The van der Waals surface area contributed by atoms with E-state index in [0.717, 1.165) is 77.0 Å². The predicted octanol–water partition coefficient (Wildman–Crippen LogP) is 5.22. The molecule has 0 aromatic rings. The van der Waals surface area contributed by atoms with Gasteiger partial charge in [-0.15, -0.1) is 0 Å². The molecule has 2 heterocycles. The van der Waals surface area contributed by atoms with Crippen LogP contribution in [0.3, 0.4) is 0 Å². The van der Waals surface area contributed by atoms with Crippen molar-refractivity contribution in [2.75, 3.05) is 67.3 Å². The maximum Gasteiger partial charge on any atom is 0.333 e. The van der Waals surface area contributed by atoms with Gasteiger partial charge in [-0.05, 0) is 38.5 Å². The minimum absolute atomic E-state index is 0.00608. The number of phosphoric acid groups is 1. The second kappa shape index (κ2) is 31.1. The summed E-state index contributed by atoms with van der Waals surface area (Å²) in [5.74, 6) is -2.33. The van der Waals surface area contributed by atoms with E-state index in [9.17, 15) is 32.3 Å². The van der Waals surface area contributed by atoms with Crippen LogP contribution in [0.1, 0.15) is 142 Å². The van der Waals surface area contributed by atoms with Crippen LogP contribution in [-0.4, -0.2) is 144 Å². The number of ether oxygens (including phenoxy) is 6. The molecular weight excluding hydrogens is 880 g/mol. The van der Waals surface area contributed by atoms with E-state index in [1.807, 2.05) is 25.9 Å². The van der Waals surface area contributed by atoms with Crippen molar-refractivity contribution in [3.8, 4) is 0 Å². The minimum atomic E-state index is -4.68. The fourth-order valence-corrected chi connectivity index (χ4v) is 8.81. The number of likely N-dealkylation sites (N-methyl/N-ethyl adjacent to an activating group) is 1. The van der Waals surface area contributed by atoms with Crippen molar-refractivity contribution in [3.63, 3.8) is 0 Å². The molecule has 19 nitrogen and oxygen atoms in total. The van der Waals surface area contributed by atoms with Gasteiger partial charge in [0.1, 0.15) is 32.0 Å². The van der Waals surface area contributed by atoms with Crippen molar-refractivity contribution >= 4 is 36.0 Å². The number of fused-ring (bicyclic) bond motifs is 2. The van der Waals surface area contributed by atoms with E-state index < -0.39 is 61.2 Å². The Morgan fingerprint density at radius 2 is 1.48 bits per heavy atom. The van der Waals surface area contributed by atoms with Gasteiger partial charge in [0.05, 0.1) is 53.1 Å². The van der Waals surface area contributed by atoms with Crippen LogP contribution in [0, 0.1) is 0 Å². The van der Waals surface area contributed by atoms with Crippen LogP contribution >= 0.6 is 7.82 Å². The molecule has 0 amide bonds. The lowest BCUT2D eigenvalue weighted by Gasteiger charge is -2.35. The number of carbonyl (C=O) groups excluding carboxylic acids is 3. The molecule has 0 aromatic carbocycles. The molecule has 0 spiro atoms. The summed E-state index contributed by atoms with van der Waals surface area (Å²) in [5, 5.41) is 9.16. The van der Waals surface area contributed by atoms with Gasteiger partial charge in [-0.25, -0.2) is 4.79 Å². The highest BCUT2D eigenvalue weighted by Crippen LogP contribution is 2.45. The molecule has 2 rings (SSSR count).